The molecule has 1 unspecified atom stereocenters. The molecule has 0 aliphatic carbocycles. The Morgan fingerprint density at radius 2 is 2.35 bits per heavy atom. The van der Waals surface area contributed by atoms with Crippen LogP contribution in [0.25, 0.3) is 0 Å². The minimum Gasteiger partial charge on any atom is -0.481 e. The maximum Gasteiger partial charge on any atom is 0.303 e. The lowest BCUT2D eigenvalue weighted by atomic mass is 10.1. The number of H-pyrrole nitrogens is 1. The second-order valence-corrected chi connectivity index (χ2v) is 3.66. The maximum atomic E-state index is 11.4. The van der Waals surface area contributed by atoms with Gasteiger partial charge < -0.3 is 21.1 Å². The van der Waals surface area contributed by atoms with Crippen molar-refractivity contribution in [3.63, 3.8) is 0 Å². The number of amides is 1. The first-order valence-corrected chi connectivity index (χ1v) is 5.32. The van der Waals surface area contributed by atoms with Crippen molar-refractivity contribution in [1.82, 2.24) is 15.3 Å². The summed E-state index contributed by atoms with van der Waals surface area (Å²) < 4.78 is 0. The van der Waals surface area contributed by atoms with Crippen LogP contribution in [0.1, 0.15) is 18.5 Å². The van der Waals surface area contributed by atoms with Gasteiger partial charge in [0.1, 0.15) is 0 Å². The summed E-state index contributed by atoms with van der Waals surface area (Å²) in [6.45, 7) is 0.446. The average molecular weight is 240 g/mol. The van der Waals surface area contributed by atoms with Crippen molar-refractivity contribution in [1.29, 1.82) is 0 Å². The van der Waals surface area contributed by atoms with E-state index in [0.29, 0.717) is 13.0 Å². The van der Waals surface area contributed by atoms with Crippen LogP contribution in [-0.4, -0.2) is 39.5 Å². The first-order chi connectivity index (χ1) is 8.09. The van der Waals surface area contributed by atoms with Gasteiger partial charge in [-0.15, -0.1) is 0 Å². The third-order valence-electron chi connectivity index (χ3n) is 2.25. The average Bonchev–Trinajstić information content (AvgIpc) is 2.78. The van der Waals surface area contributed by atoms with E-state index in [-0.39, 0.29) is 18.7 Å². The summed E-state index contributed by atoms with van der Waals surface area (Å²) in [5.41, 5.74) is 6.45. The summed E-state index contributed by atoms with van der Waals surface area (Å²) in [7, 11) is 0. The zero-order valence-electron chi connectivity index (χ0n) is 9.35. The number of hydrogen-bond acceptors (Lipinski definition) is 4. The van der Waals surface area contributed by atoms with Gasteiger partial charge in [-0.3, -0.25) is 9.59 Å². The van der Waals surface area contributed by atoms with Crippen LogP contribution in [0.5, 0.6) is 0 Å². The minimum atomic E-state index is -0.953. The molecule has 1 atom stereocenters. The van der Waals surface area contributed by atoms with E-state index in [1.54, 1.807) is 12.5 Å². The Morgan fingerprint density at radius 1 is 1.59 bits per heavy atom. The van der Waals surface area contributed by atoms with E-state index >= 15 is 0 Å². The standard InChI is InChI=1S/C10H16N4O3/c11-8(1-2-9(15)16)10(17)13-4-3-7-5-12-6-14-7/h5-6,8H,1-4,11H2,(H,12,14)(H,13,17)(H,15,16). The molecular weight excluding hydrogens is 224 g/mol. The van der Waals surface area contributed by atoms with Crippen molar-refractivity contribution >= 4 is 11.9 Å². The molecule has 17 heavy (non-hydrogen) atoms. The molecule has 0 spiro atoms. The normalized spacial score (nSPS) is 12.1. The lowest BCUT2D eigenvalue weighted by molar-refractivity contribution is -0.137. The second kappa shape index (κ2) is 6.64. The van der Waals surface area contributed by atoms with Gasteiger partial charge in [-0.05, 0) is 6.42 Å². The van der Waals surface area contributed by atoms with Crippen LogP contribution in [0.4, 0.5) is 0 Å². The van der Waals surface area contributed by atoms with Crippen LogP contribution in [0.3, 0.4) is 0 Å². The van der Waals surface area contributed by atoms with Gasteiger partial charge in [-0.1, -0.05) is 0 Å². The van der Waals surface area contributed by atoms with Gasteiger partial charge in [-0.25, -0.2) is 4.98 Å². The Balaban J connectivity index is 2.17. The van der Waals surface area contributed by atoms with Crippen LogP contribution in [0.2, 0.25) is 0 Å². The number of nitrogens with two attached hydrogens (primary N) is 1. The summed E-state index contributed by atoms with van der Waals surface area (Å²) in [5, 5.41) is 11.1. The molecule has 7 heteroatoms. The van der Waals surface area contributed by atoms with Gasteiger partial charge in [0.25, 0.3) is 0 Å². The molecule has 94 valence electrons. The fourth-order valence-corrected chi connectivity index (χ4v) is 1.28. The highest BCUT2D eigenvalue weighted by Crippen LogP contribution is 1.95. The van der Waals surface area contributed by atoms with Crippen molar-refractivity contribution in [2.75, 3.05) is 6.54 Å². The summed E-state index contributed by atoms with van der Waals surface area (Å²) in [6.07, 6.45) is 3.92. The SMILES string of the molecule is NC(CCC(=O)O)C(=O)NCCc1cnc[nH]1. The minimum absolute atomic E-state index is 0.102. The number of hydrogen-bond donors (Lipinski definition) is 4. The number of nitrogens with zero attached hydrogens (tertiary/aromatic N) is 1. The Bertz CT molecular complexity index is 364. The van der Waals surface area contributed by atoms with Gasteiger partial charge >= 0.3 is 5.97 Å². The van der Waals surface area contributed by atoms with Gasteiger partial charge in [0.15, 0.2) is 0 Å². The molecule has 0 fully saturated rings. The van der Waals surface area contributed by atoms with E-state index in [0.717, 1.165) is 5.69 Å². The van der Waals surface area contributed by atoms with Crippen molar-refractivity contribution in [2.24, 2.45) is 5.73 Å². The van der Waals surface area contributed by atoms with Crippen LogP contribution in [-0.2, 0) is 16.0 Å². The molecule has 7 nitrogen and oxygen atoms in total. The smallest absolute Gasteiger partial charge is 0.303 e. The van der Waals surface area contributed by atoms with Crippen LogP contribution in [0, 0.1) is 0 Å². The lowest BCUT2D eigenvalue weighted by Gasteiger charge is -2.10. The zero-order valence-corrected chi connectivity index (χ0v) is 9.35. The van der Waals surface area contributed by atoms with Gasteiger partial charge in [0.2, 0.25) is 5.91 Å². The summed E-state index contributed by atoms with van der Waals surface area (Å²) in [6, 6.07) is -0.770. The van der Waals surface area contributed by atoms with Crippen molar-refractivity contribution in [2.45, 2.75) is 25.3 Å². The number of carbonyl (C=O) groups excluding carboxylic acids is 1. The zero-order chi connectivity index (χ0) is 12.7. The molecule has 1 aromatic heterocycles. The molecule has 1 aromatic rings. The summed E-state index contributed by atoms with van der Waals surface area (Å²) >= 11 is 0. The van der Waals surface area contributed by atoms with E-state index in [1.807, 2.05) is 0 Å². The third kappa shape index (κ3) is 5.12. The van der Waals surface area contributed by atoms with Gasteiger partial charge in [0.05, 0.1) is 12.4 Å². The van der Waals surface area contributed by atoms with E-state index in [4.69, 9.17) is 10.8 Å². The van der Waals surface area contributed by atoms with E-state index < -0.39 is 12.0 Å². The molecule has 1 amide bonds. The van der Waals surface area contributed by atoms with E-state index in [9.17, 15) is 9.59 Å². The quantitative estimate of drug-likeness (QED) is 0.500. The monoisotopic (exact) mass is 240 g/mol. The highest BCUT2D eigenvalue weighted by Gasteiger charge is 2.14. The number of carbonyl (C=O) groups is 2. The summed E-state index contributed by atoms with van der Waals surface area (Å²) in [4.78, 5) is 28.5. The predicted octanol–water partition coefficient (Wildman–Crippen LogP) is -0.739. The van der Waals surface area contributed by atoms with Crippen molar-refractivity contribution in [3.05, 3.63) is 18.2 Å². The van der Waals surface area contributed by atoms with E-state index in [2.05, 4.69) is 15.3 Å². The topological polar surface area (TPSA) is 121 Å². The van der Waals surface area contributed by atoms with Gasteiger partial charge in [-0.2, -0.15) is 0 Å². The second-order valence-electron chi connectivity index (χ2n) is 3.66. The molecule has 0 aliphatic heterocycles. The molecule has 0 aliphatic rings. The number of aromatic amines is 1. The summed E-state index contributed by atoms with van der Waals surface area (Å²) in [5.74, 6) is -1.28. The molecule has 1 rings (SSSR count). The number of nitrogens with one attached hydrogen (secondary N) is 2. The Labute approximate surface area is 98.4 Å². The molecule has 1 heterocycles. The Morgan fingerprint density at radius 3 is 2.94 bits per heavy atom. The number of carboxylic acids is 1. The van der Waals surface area contributed by atoms with E-state index in [1.165, 1.54) is 0 Å². The first kappa shape index (κ1) is 13.2. The largest absolute Gasteiger partial charge is 0.481 e. The highest BCUT2D eigenvalue weighted by molar-refractivity contribution is 5.82. The molecule has 0 saturated heterocycles. The van der Waals surface area contributed by atoms with Crippen LogP contribution < -0.4 is 11.1 Å². The molecular formula is C10H16N4O3. The Hall–Kier alpha value is -1.89. The third-order valence-corrected chi connectivity index (χ3v) is 2.25. The van der Waals surface area contributed by atoms with Crippen LogP contribution >= 0.6 is 0 Å². The molecule has 5 N–H and O–H groups in total. The lowest BCUT2D eigenvalue weighted by Crippen LogP contribution is -2.41. The van der Waals surface area contributed by atoms with Crippen LogP contribution in [0.15, 0.2) is 12.5 Å². The number of aromatic nitrogens is 2. The maximum absolute atomic E-state index is 11.4. The number of imidazole rings is 1. The highest BCUT2D eigenvalue weighted by atomic mass is 16.4. The molecule has 0 saturated carbocycles. The van der Waals surface area contributed by atoms with Crippen molar-refractivity contribution in [3.8, 4) is 0 Å². The fourth-order valence-electron chi connectivity index (χ4n) is 1.28. The molecule has 0 radical (unpaired) electrons. The molecule has 0 bridgehead atoms. The number of rotatable bonds is 7. The van der Waals surface area contributed by atoms with Crippen molar-refractivity contribution < 1.29 is 14.7 Å². The fraction of sp³-hybridized carbons (Fsp3) is 0.500. The van der Waals surface area contributed by atoms with Gasteiger partial charge in [0, 0.05) is 31.3 Å². The molecule has 0 aromatic carbocycles. The number of aliphatic carboxylic acids is 1. The number of carboxylic acid groups (broad SMARTS) is 1. The predicted molar refractivity (Wildman–Crippen MR) is 60.1 cm³/mol. The Kier molecular flexibility index (Phi) is 5.15. The first-order valence-electron chi connectivity index (χ1n) is 5.32.